The lowest BCUT2D eigenvalue weighted by Crippen LogP contribution is -2.44. The fourth-order valence-corrected chi connectivity index (χ4v) is 3.64. The van der Waals surface area contributed by atoms with E-state index in [1.807, 2.05) is 12.1 Å². The van der Waals surface area contributed by atoms with Gasteiger partial charge in [-0.2, -0.15) is 0 Å². The first kappa shape index (κ1) is 22.0. The Morgan fingerprint density at radius 3 is 2.56 bits per heavy atom. The van der Waals surface area contributed by atoms with Crippen LogP contribution in [0, 0.1) is 11.8 Å². The van der Waals surface area contributed by atoms with Crippen molar-refractivity contribution in [3.05, 3.63) is 23.8 Å². The predicted molar refractivity (Wildman–Crippen MR) is 111 cm³/mol. The molecule has 0 heterocycles. The van der Waals surface area contributed by atoms with Crippen LogP contribution < -0.4 is 15.2 Å². The molecule has 0 amide bonds. The predicted octanol–water partition coefficient (Wildman–Crippen LogP) is 4.71. The lowest BCUT2D eigenvalue weighted by atomic mass is 9.87. The number of ether oxygens (including phenoxy) is 2. The third kappa shape index (κ3) is 7.71. The molecule has 4 heteroatoms. The molecular weight excluding hydrogens is 338 g/mol. The standard InChI is InChI=1S/C23H39NO3/c1-17(2)6-5-7-18(3)27-21-11-10-20(22(14-21)26-4)12-13-23(24,16-25)15-19-8-9-19/h10-11,14,17-19,25H,5-9,12-13,15-16,24H2,1-4H3/t18?,23-/m0/s1. The molecule has 0 spiro atoms. The van der Waals surface area contributed by atoms with Crippen molar-refractivity contribution in [1.29, 1.82) is 0 Å². The summed E-state index contributed by atoms with van der Waals surface area (Å²) in [5.41, 5.74) is 7.07. The van der Waals surface area contributed by atoms with Crippen molar-refractivity contribution in [2.45, 2.75) is 83.8 Å². The van der Waals surface area contributed by atoms with Crippen LogP contribution in [0.4, 0.5) is 0 Å². The van der Waals surface area contributed by atoms with Crippen LogP contribution in [0.15, 0.2) is 18.2 Å². The minimum Gasteiger partial charge on any atom is -0.496 e. The summed E-state index contributed by atoms with van der Waals surface area (Å²) in [5.74, 6) is 3.14. The molecule has 1 fully saturated rings. The quantitative estimate of drug-likeness (QED) is 0.522. The highest BCUT2D eigenvalue weighted by atomic mass is 16.5. The Morgan fingerprint density at radius 2 is 1.96 bits per heavy atom. The van der Waals surface area contributed by atoms with Crippen LogP contribution in [-0.2, 0) is 6.42 Å². The summed E-state index contributed by atoms with van der Waals surface area (Å²) < 4.78 is 11.7. The zero-order valence-electron chi connectivity index (χ0n) is 17.7. The molecule has 154 valence electrons. The van der Waals surface area contributed by atoms with E-state index in [-0.39, 0.29) is 12.7 Å². The SMILES string of the molecule is COc1cc(OC(C)CCCC(C)C)ccc1CC[C@@](N)(CO)CC1CC1. The van der Waals surface area contributed by atoms with Gasteiger partial charge in [-0.05, 0) is 62.5 Å². The molecule has 0 aliphatic heterocycles. The Bertz CT molecular complexity index is 571. The number of aliphatic hydroxyl groups is 1. The normalized spacial score (nSPS) is 17.6. The van der Waals surface area contributed by atoms with E-state index in [0.717, 1.165) is 48.7 Å². The van der Waals surface area contributed by atoms with Crippen molar-refractivity contribution in [3.8, 4) is 11.5 Å². The molecule has 4 nitrogen and oxygen atoms in total. The number of nitrogens with two attached hydrogens (primary N) is 1. The van der Waals surface area contributed by atoms with Crippen molar-refractivity contribution < 1.29 is 14.6 Å². The van der Waals surface area contributed by atoms with Gasteiger partial charge in [-0.3, -0.25) is 0 Å². The molecule has 1 aromatic rings. The second kappa shape index (κ2) is 10.3. The summed E-state index contributed by atoms with van der Waals surface area (Å²) in [7, 11) is 1.70. The van der Waals surface area contributed by atoms with Gasteiger partial charge in [-0.15, -0.1) is 0 Å². The molecule has 1 saturated carbocycles. The Labute approximate surface area is 165 Å². The van der Waals surface area contributed by atoms with Crippen molar-refractivity contribution in [2.24, 2.45) is 17.6 Å². The summed E-state index contributed by atoms with van der Waals surface area (Å²) in [4.78, 5) is 0. The number of aryl methyl sites for hydroxylation is 1. The zero-order valence-corrected chi connectivity index (χ0v) is 17.7. The van der Waals surface area contributed by atoms with Gasteiger partial charge in [0.15, 0.2) is 0 Å². The Hall–Kier alpha value is -1.26. The highest BCUT2D eigenvalue weighted by Gasteiger charge is 2.33. The molecule has 2 rings (SSSR count). The largest absolute Gasteiger partial charge is 0.496 e. The molecule has 0 aromatic heterocycles. The highest BCUT2D eigenvalue weighted by Crippen LogP contribution is 2.38. The molecule has 0 bridgehead atoms. The van der Waals surface area contributed by atoms with Crippen LogP contribution in [0.1, 0.15) is 71.3 Å². The summed E-state index contributed by atoms with van der Waals surface area (Å²) in [6, 6.07) is 6.07. The van der Waals surface area contributed by atoms with Gasteiger partial charge in [0.2, 0.25) is 0 Å². The average molecular weight is 378 g/mol. The minimum absolute atomic E-state index is 0.0426. The minimum atomic E-state index is -0.480. The third-order valence-electron chi connectivity index (χ3n) is 5.59. The van der Waals surface area contributed by atoms with Crippen LogP contribution in [0.3, 0.4) is 0 Å². The fourth-order valence-electron chi connectivity index (χ4n) is 3.64. The van der Waals surface area contributed by atoms with Gasteiger partial charge in [-0.1, -0.05) is 39.2 Å². The van der Waals surface area contributed by atoms with E-state index in [1.165, 1.54) is 25.7 Å². The van der Waals surface area contributed by atoms with Crippen molar-refractivity contribution in [2.75, 3.05) is 13.7 Å². The summed E-state index contributed by atoms with van der Waals surface area (Å²) in [6.07, 6.45) is 8.68. The number of aliphatic hydroxyl groups excluding tert-OH is 1. The summed E-state index contributed by atoms with van der Waals surface area (Å²) in [5, 5.41) is 9.74. The maximum Gasteiger partial charge on any atom is 0.125 e. The van der Waals surface area contributed by atoms with Crippen molar-refractivity contribution in [1.82, 2.24) is 0 Å². The Kier molecular flexibility index (Phi) is 8.43. The topological polar surface area (TPSA) is 64.7 Å². The van der Waals surface area contributed by atoms with Gasteiger partial charge in [0, 0.05) is 11.6 Å². The van der Waals surface area contributed by atoms with Gasteiger partial charge in [0.25, 0.3) is 0 Å². The number of methoxy groups -OCH3 is 1. The van der Waals surface area contributed by atoms with Crippen molar-refractivity contribution in [3.63, 3.8) is 0 Å². The van der Waals surface area contributed by atoms with E-state index in [2.05, 4.69) is 26.8 Å². The molecule has 1 aromatic carbocycles. The average Bonchev–Trinajstić information content (AvgIpc) is 3.44. The van der Waals surface area contributed by atoms with Crippen LogP contribution in [0.25, 0.3) is 0 Å². The van der Waals surface area contributed by atoms with E-state index in [1.54, 1.807) is 7.11 Å². The molecule has 27 heavy (non-hydrogen) atoms. The maximum absolute atomic E-state index is 9.74. The van der Waals surface area contributed by atoms with Gasteiger partial charge in [-0.25, -0.2) is 0 Å². The second-order valence-electron chi connectivity index (χ2n) is 8.89. The number of rotatable bonds is 13. The van der Waals surface area contributed by atoms with Crippen LogP contribution in [-0.4, -0.2) is 30.5 Å². The highest BCUT2D eigenvalue weighted by molar-refractivity contribution is 5.41. The monoisotopic (exact) mass is 377 g/mol. The van der Waals surface area contributed by atoms with Gasteiger partial charge in [0.05, 0.1) is 19.8 Å². The smallest absolute Gasteiger partial charge is 0.125 e. The van der Waals surface area contributed by atoms with Crippen LogP contribution in [0.2, 0.25) is 0 Å². The number of hydrogen-bond donors (Lipinski definition) is 2. The van der Waals surface area contributed by atoms with Crippen LogP contribution >= 0.6 is 0 Å². The van der Waals surface area contributed by atoms with E-state index in [9.17, 15) is 5.11 Å². The lowest BCUT2D eigenvalue weighted by molar-refractivity contribution is 0.172. The van der Waals surface area contributed by atoms with E-state index in [4.69, 9.17) is 15.2 Å². The van der Waals surface area contributed by atoms with Crippen LogP contribution in [0.5, 0.6) is 11.5 Å². The Morgan fingerprint density at radius 1 is 1.22 bits per heavy atom. The first-order valence-corrected chi connectivity index (χ1v) is 10.6. The third-order valence-corrected chi connectivity index (χ3v) is 5.59. The first-order valence-electron chi connectivity index (χ1n) is 10.6. The molecule has 1 aliphatic carbocycles. The van der Waals surface area contributed by atoms with E-state index < -0.39 is 5.54 Å². The molecule has 2 atom stereocenters. The van der Waals surface area contributed by atoms with E-state index >= 15 is 0 Å². The fraction of sp³-hybridized carbons (Fsp3) is 0.739. The summed E-state index contributed by atoms with van der Waals surface area (Å²) >= 11 is 0. The van der Waals surface area contributed by atoms with Gasteiger partial charge >= 0.3 is 0 Å². The zero-order chi connectivity index (χ0) is 19.9. The lowest BCUT2D eigenvalue weighted by Gasteiger charge is -2.27. The molecule has 0 radical (unpaired) electrons. The van der Waals surface area contributed by atoms with Gasteiger partial charge in [0.1, 0.15) is 11.5 Å². The number of hydrogen-bond acceptors (Lipinski definition) is 4. The number of benzene rings is 1. The molecular formula is C23H39NO3. The molecule has 1 unspecified atom stereocenters. The molecule has 3 N–H and O–H groups in total. The first-order chi connectivity index (χ1) is 12.8. The maximum atomic E-state index is 9.74. The molecule has 0 saturated heterocycles. The molecule has 1 aliphatic rings. The van der Waals surface area contributed by atoms with Crippen molar-refractivity contribution >= 4 is 0 Å². The second-order valence-corrected chi connectivity index (χ2v) is 8.89. The van der Waals surface area contributed by atoms with E-state index in [0.29, 0.717) is 5.92 Å². The summed E-state index contributed by atoms with van der Waals surface area (Å²) in [6.45, 7) is 6.68. The van der Waals surface area contributed by atoms with Gasteiger partial charge < -0.3 is 20.3 Å². The Balaban J connectivity index is 1.90.